The third-order valence-corrected chi connectivity index (χ3v) is 2.96. The van der Waals surface area contributed by atoms with Crippen LogP contribution < -0.4 is 5.32 Å². The number of rotatable bonds is 5. The monoisotopic (exact) mass is 211 g/mol. The van der Waals surface area contributed by atoms with Crippen LogP contribution in [0.25, 0.3) is 0 Å². The molecule has 1 aromatic rings. The Kier molecular flexibility index (Phi) is 4.29. The molecule has 0 saturated heterocycles. The molecule has 0 aliphatic rings. The number of aryl methyl sites for hydroxylation is 2. The number of nitrogens with zero attached hydrogens (tertiary/aromatic N) is 1. The summed E-state index contributed by atoms with van der Waals surface area (Å²) in [6.45, 7) is 9.08. The first-order chi connectivity index (χ1) is 7.06. The lowest BCUT2D eigenvalue weighted by molar-refractivity contribution is 0.0882. The summed E-state index contributed by atoms with van der Waals surface area (Å²) in [5.41, 5.74) is 3.46. The first-order valence-electron chi connectivity index (χ1n) is 5.32. The molecule has 2 atom stereocenters. The summed E-state index contributed by atoms with van der Waals surface area (Å²) in [5, 5.41) is 10.6. The summed E-state index contributed by atoms with van der Waals surface area (Å²) in [6, 6.07) is 0.337. The molecule has 86 valence electrons. The van der Waals surface area contributed by atoms with Crippen LogP contribution in [0.15, 0.2) is 0 Å². The molecule has 0 aliphatic carbocycles. The van der Waals surface area contributed by atoms with Crippen molar-refractivity contribution in [1.82, 2.24) is 15.5 Å². The van der Waals surface area contributed by atoms with Crippen LogP contribution >= 0.6 is 0 Å². The molecule has 0 spiro atoms. The van der Waals surface area contributed by atoms with Crippen LogP contribution in [0.3, 0.4) is 0 Å². The highest BCUT2D eigenvalue weighted by Crippen LogP contribution is 2.09. The fourth-order valence-corrected chi connectivity index (χ4v) is 1.47. The van der Waals surface area contributed by atoms with E-state index in [1.807, 2.05) is 13.8 Å². The average Bonchev–Trinajstić information content (AvgIpc) is 2.54. The molecule has 0 fully saturated rings. The van der Waals surface area contributed by atoms with Crippen LogP contribution in [-0.2, 0) is 11.3 Å². The van der Waals surface area contributed by atoms with Crippen LogP contribution in [0.4, 0.5) is 0 Å². The highest BCUT2D eigenvalue weighted by molar-refractivity contribution is 5.22. The molecule has 1 heterocycles. The maximum atomic E-state index is 5.26. The first-order valence-corrected chi connectivity index (χ1v) is 5.32. The zero-order chi connectivity index (χ0) is 11.4. The van der Waals surface area contributed by atoms with Crippen molar-refractivity contribution in [2.24, 2.45) is 0 Å². The number of aromatic nitrogens is 2. The molecule has 0 amide bonds. The molecule has 1 rings (SSSR count). The lowest BCUT2D eigenvalue weighted by Gasteiger charge is -2.19. The van der Waals surface area contributed by atoms with Gasteiger partial charge in [-0.2, -0.15) is 5.10 Å². The molecular weight excluding hydrogens is 190 g/mol. The van der Waals surface area contributed by atoms with E-state index >= 15 is 0 Å². The number of hydrogen-bond acceptors (Lipinski definition) is 3. The van der Waals surface area contributed by atoms with Crippen LogP contribution in [0.1, 0.15) is 30.8 Å². The van der Waals surface area contributed by atoms with Crippen molar-refractivity contribution in [2.75, 3.05) is 7.11 Å². The Morgan fingerprint density at radius 1 is 1.40 bits per heavy atom. The van der Waals surface area contributed by atoms with E-state index in [1.165, 1.54) is 5.56 Å². The predicted octanol–water partition coefficient (Wildman–Crippen LogP) is 1.54. The predicted molar refractivity (Wildman–Crippen MR) is 60.8 cm³/mol. The van der Waals surface area contributed by atoms with E-state index in [0.29, 0.717) is 6.04 Å². The zero-order valence-electron chi connectivity index (χ0n) is 10.2. The highest BCUT2D eigenvalue weighted by Gasteiger charge is 2.12. The molecule has 2 N–H and O–H groups in total. The largest absolute Gasteiger partial charge is 0.380 e. The third kappa shape index (κ3) is 3.04. The number of hydrogen-bond donors (Lipinski definition) is 2. The van der Waals surface area contributed by atoms with E-state index in [1.54, 1.807) is 7.11 Å². The van der Waals surface area contributed by atoms with Gasteiger partial charge in [0.1, 0.15) is 0 Å². The van der Waals surface area contributed by atoms with Crippen molar-refractivity contribution >= 4 is 0 Å². The van der Waals surface area contributed by atoms with Crippen LogP contribution in [0.2, 0.25) is 0 Å². The molecular formula is C11H21N3O. The lowest BCUT2D eigenvalue weighted by Crippen LogP contribution is -2.36. The third-order valence-electron chi connectivity index (χ3n) is 2.96. The van der Waals surface area contributed by atoms with Gasteiger partial charge in [-0.1, -0.05) is 0 Å². The van der Waals surface area contributed by atoms with Gasteiger partial charge in [0.05, 0.1) is 11.8 Å². The van der Waals surface area contributed by atoms with Gasteiger partial charge >= 0.3 is 0 Å². The van der Waals surface area contributed by atoms with E-state index in [9.17, 15) is 0 Å². The van der Waals surface area contributed by atoms with E-state index in [4.69, 9.17) is 4.74 Å². The van der Waals surface area contributed by atoms with Crippen LogP contribution in [0, 0.1) is 13.8 Å². The Morgan fingerprint density at radius 2 is 2.07 bits per heavy atom. The van der Waals surface area contributed by atoms with Gasteiger partial charge in [0, 0.05) is 31.0 Å². The number of ether oxygens (including phenoxy) is 1. The molecule has 4 nitrogen and oxygen atoms in total. The maximum absolute atomic E-state index is 5.26. The van der Waals surface area contributed by atoms with Crippen molar-refractivity contribution in [3.63, 3.8) is 0 Å². The lowest BCUT2D eigenvalue weighted by atomic mass is 10.1. The normalized spacial score (nSPS) is 15.3. The standard InChI is InChI=1S/C11H21N3O/c1-7(10(4)15-5)12-6-11-8(2)13-14-9(11)3/h7,10,12H,6H2,1-5H3,(H,13,14). The van der Waals surface area contributed by atoms with Crippen molar-refractivity contribution in [1.29, 1.82) is 0 Å². The molecule has 0 radical (unpaired) electrons. The minimum Gasteiger partial charge on any atom is -0.380 e. The highest BCUT2D eigenvalue weighted by atomic mass is 16.5. The van der Waals surface area contributed by atoms with E-state index in [2.05, 4.69) is 29.4 Å². The van der Waals surface area contributed by atoms with Gasteiger partial charge in [-0.25, -0.2) is 0 Å². The quantitative estimate of drug-likeness (QED) is 0.776. The fourth-order valence-electron chi connectivity index (χ4n) is 1.47. The van der Waals surface area contributed by atoms with E-state index in [0.717, 1.165) is 17.9 Å². The van der Waals surface area contributed by atoms with Gasteiger partial charge in [-0.05, 0) is 27.7 Å². The Labute approximate surface area is 91.4 Å². The van der Waals surface area contributed by atoms with Crippen molar-refractivity contribution in [3.05, 3.63) is 17.0 Å². The van der Waals surface area contributed by atoms with Gasteiger partial charge in [-0.3, -0.25) is 5.10 Å². The molecule has 0 saturated carbocycles. The summed E-state index contributed by atoms with van der Waals surface area (Å²) < 4.78 is 5.26. The van der Waals surface area contributed by atoms with Crippen molar-refractivity contribution < 1.29 is 4.74 Å². The summed E-state index contributed by atoms with van der Waals surface area (Å²) in [5.74, 6) is 0. The summed E-state index contributed by atoms with van der Waals surface area (Å²) in [4.78, 5) is 0. The molecule has 15 heavy (non-hydrogen) atoms. The maximum Gasteiger partial charge on any atom is 0.0693 e. The summed E-state index contributed by atoms with van der Waals surface area (Å²) >= 11 is 0. The molecule has 1 aromatic heterocycles. The van der Waals surface area contributed by atoms with Crippen molar-refractivity contribution in [3.8, 4) is 0 Å². The Bertz CT molecular complexity index is 289. The smallest absolute Gasteiger partial charge is 0.0693 e. The number of nitrogens with one attached hydrogen (secondary N) is 2. The summed E-state index contributed by atoms with van der Waals surface area (Å²) in [7, 11) is 1.73. The van der Waals surface area contributed by atoms with Crippen LogP contribution in [0.5, 0.6) is 0 Å². The number of aromatic amines is 1. The molecule has 2 unspecified atom stereocenters. The first kappa shape index (κ1) is 12.2. The second kappa shape index (κ2) is 5.28. The second-order valence-corrected chi connectivity index (χ2v) is 4.02. The molecule has 0 bridgehead atoms. The van der Waals surface area contributed by atoms with Gasteiger partial charge < -0.3 is 10.1 Å². The van der Waals surface area contributed by atoms with Gasteiger partial charge in [0.2, 0.25) is 0 Å². The topological polar surface area (TPSA) is 49.9 Å². The number of methoxy groups -OCH3 is 1. The summed E-state index contributed by atoms with van der Waals surface area (Å²) in [6.07, 6.45) is 0.220. The Hall–Kier alpha value is -0.870. The minimum absolute atomic E-state index is 0.220. The molecule has 0 aliphatic heterocycles. The van der Waals surface area contributed by atoms with Gasteiger partial charge in [0.15, 0.2) is 0 Å². The Morgan fingerprint density at radius 3 is 2.53 bits per heavy atom. The fraction of sp³-hybridized carbons (Fsp3) is 0.727. The van der Waals surface area contributed by atoms with E-state index in [-0.39, 0.29) is 6.10 Å². The SMILES string of the molecule is COC(C)C(C)NCc1c(C)n[nH]c1C. The van der Waals surface area contributed by atoms with Gasteiger partial charge in [-0.15, -0.1) is 0 Å². The molecule has 4 heteroatoms. The Balaban J connectivity index is 2.50. The zero-order valence-corrected chi connectivity index (χ0v) is 10.2. The average molecular weight is 211 g/mol. The second-order valence-electron chi connectivity index (χ2n) is 4.02. The van der Waals surface area contributed by atoms with Crippen molar-refractivity contribution in [2.45, 2.75) is 46.4 Å². The number of H-pyrrole nitrogens is 1. The van der Waals surface area contributed by atoms with Crippen LogP contribution in [-0.4, -0.2) is 29.5 Å². The minimum atomic E-state index is 0.220. The van der Waals surface area contributed by atoms with E-state index < -0.39 is 0 Å². The molecule has 0 aromatic carbocycles. The van der Waals surface area contributed by atoms with Gasteiger partial charge in [0.25, 0.3) is 0 Å².